The average molecular weight is 340 g/mol. The number of hydrogen-bond acceptors (Lipinski definition) is 2. The van der Waals surface area contributed by atoms with E-state index in [0.29, 0.717) is 6.04 Å². The number of aromatic nitrogens is 1. The van der Waals surface area contributed by atoms with Gasteiger partial charge in [0.2, 0.25) is 0 Å². The van der Waals surface area contributed by atoms with Crippen LogP contribution in [0.2, 0.25) is 0 Å². The molecule has 0 aliphatic carbocycles. The Morgan fingerprint density at radius 1 is 1.35 bits per heavy atom. The Bertz CT molecular complexity index is 499. The van der Waals surface area contributed by atoms with E-state index in [0.717, 1.165) is 36.3 Å². The van der Waals surface area contributed by atoms with Gasteiger partial charge < -0.3 is 9.47 Å². The predicted molar refractivity (Wildman–Crippen MR) is 82.9 cm³/mol. The Morgan fingerprint density at radius 3 is 3.00 bits per heavy atom. The van der Waals surface area contributed by atoms with Crippen LogP contribution in [0.15, 0.2) is 16.7 Å². The molecule has 1 atom stereocenters. The van der Waals surface area contributed by atoms with Crippen LogP contribution in [-0.4, -0.2) is 52.5 Å². The fourth-order valence-corrected chi connectivity index (χ4v) is 3.88. The fraction of sp³-hybridized carbons (Fsp3) is 0.667. The number of amides is 1. The van der Waals surface area contributed by atoms with Crippen LogP contribution in [0.5, 0.6) is 0 Å². The Hall–Kier alpha value is -0.810. The molecule has 0 spiro atoms. The maximum atomic E-state index is 12.7. The van der Waals surface area contributed by atoms with Crippen molar-refractivity contribution < 1.29 is 4.79 Å². The van der Waals surface area contributed by atoms with Crippen molar-refractivity contribution >= 4 is 21.8 Å². The third kappa shape index (κ3) is 2.66. The minimum absolute atomic E-state index is 0.183. The highest BCUT2D eigenvalue weighted by atomic mass is 79.9. The number of carbonyl (C=O) groups excluding carboxylic acids is 1. The summed E-state index contributed by atoms with van der Waals surface area (Å²) in [5.74, 6) is 0.183. The lowest BCUT2D eigenvalue weighted by molar-refractivity contribution is 0.0365. The van der Waals surface area contributed by atoms with Gasteiger partial charge in [-0.15, -0.1) is 0 Å². The third-order valence-electron chi connectivity index (χ3n) is 4.55. The van der Waals surface area contributed by atoms with Gasteiger partial charge in [0.1, 0.15) is 5.69 Å². The van der Waals surface area contributed by atoms with Gasteiger partial charge in [0.15, 0.2) is 0 Å². The molecule has 1 aromatic heterocycles. The SMILES string of the molecule is CCn1cc(Br)cc1C(=O)N1CCN2CCCCC2C1. The quantitative estimate of drug-likeness (QED) is 0.828. The number of rotatable bonds is 2. The molecule has 5 heteroatoms. The Balaban J connectivity index is 1.74. The molecule has 20 heavy (non-hydrogen) atoms. The second kappa shape index (κ2) is 5.90. The maximum absolute atomic E-state index is 12.7. The van der Waals surface area contributed by atoms with Gasteiger partial charge in [-0.05, 0) is 48.3 Å². The van der Waals surface area contributed by atoms with Crippen molar-refractivity contribution in [3.63, 3.8) is 0 Å². The summed E-state index contributed by atoms with van der Waals surface area (Å²) in [6, 6.07) is 2.52. The van der Waals surface area contributed by atoms with E-state index in [-0.39, 0.29) is 5.91 Å². The summed E-state index contributed by atoms with van der Waals surface area (Å²) in [6.07, 6.45) is 5.85. The molecule has 3 heterocycles. The molecule has 3 rings (SSSR count). The first-order valence-electron chi connectivity index (χ1n) is 7.58. The van der Waals surface area contributed by atoms with E-state index < -0.39 is 0 Å². The van der Waals surface area contributed by atoms with Crippen molar-refractivity contribution in [2.45, 2.75) is 38.8 Å². The van der Waals surface area contributed by atoms with Gasteiger partial charge in [0, 0.05) is 42.9 Å². The normalized spacial score (nSPS) is 23.7. The number of halogens is 1. The summed E-state index contributed by atoms with van der Waals surface area (Å²) in [4.78, 5) is 17.3. The highest BCUT2D eigenvalue weighted by molar-refractivity contribution is 9.10. The van der Waals surface area contributed by atoms with Crippen LogP contribution >= 0.6 is 15.9 Å². The molecule has 2 aliphatic heterocycles. The standard InChI is InChI=1S/C15H22BrN3O/c1-2-17-10-12(16)9-14(17)15(20)19-8-7-18-6-4-3-5-13(18)11-19/h9-10,13H,2-8,11H2,1H3. The summed E-state index contributed by atoms with van der Waals surface area (Å²) < 4.78 is 3.01. The first-order chi connectivity index (χ1) is 9.69. The molecule has 1 amide bonds. The smallest absolute Gasteiger partial charge is 0.270 e. The lowest BCUT2D eigenvalue weighted by atomic mass is 9.99. The summed E-state index contributed by atoms with van der Waals surface area (Å²) >= 11 is 3.47. The van der Waals surface area contributed by atoms with E-state index in [2.05, 4.69) is 27.8 Å². The number of hydrogen-bond donors (Lipinski definition) is 0. The lowest BCUT2D eigenvalue weighted by Gasteiger charge is -2.44. The van der Waals surface area contributed by atoms with Gasteiger partial charge in [0.25, 0.3) is 5.91 Å². The average Bonchev–Trinajstić information content (AvgIpc) is 2.87. The lowest BCUT2D eigenvalue weighted by Crippen LogP contribution is -2.56. The number of aryl methyl sites for hydroxylation is 1. The second-order valence-electron chi connectivity index (χ2n) is 5.77. The molecule has 0 radical (unpaired) electrons. The van der Waals surface area contributed by atoms with Crippen molar-refractivity contribution in [1.82, 2.24) is 14.4 Å². The van der Waals surface area contributed by atoms with Crippen LogP contribution in [0.4, 0.5) is 0 Å². The van der Waals surface area contributed by atoms with E-state index in [1.807, 2.05) is 21.7 Å². The van der Waals surface area contributed by atoms with Gasteiger partial charge in [-0.1, -0.05) is 6.42 Å². The van der Waals surface area contributed by atoms with Gasteiger partial charge in [-0.2, -0.15) is 0 Å². The number of carbonyl (C=O) groups is 1. The van der Waals surface area contributed by atoms with Crippen LogP contribution in [0, 0.1) is 0 Å². The maximum Gasteiger partial charge on any atom is 0.270 e. The molecule has 2 aliphatic rings. The van der Waals surface area contributed by atoms with Gasteiger partial charge >= 0.3 is 0 Å². The van der Waals surface area contributed by atoms with E-state index in [9.17, 15) is 4.79 Å². The number of piperidine rings is 1. The Kier molecular flexibility index (Phi) is 4.17. The van der Waals surface area contributed by atoms with Crippen molar-refractivity contribution in [3.05, 3.63) is 22.4 Å². The van der Waals surface area contributed by atoms with Gasteiger partial charge in [0.05, 0.1) is 0 Å². The van der Waals surface area contributed by atoms with Gasteiger partial charge in [-0.25, -0.2) is 0 Å². The highest BCUT2D eigenvalue weighted by Gasteiger charge is 2.32. The summed E-state index contributed by atoms with van der Waals surface area (Å²) in [7, 11) is 0. The summed E-state index contributed by atoms with van der Waals surface area (Å²) in [5.41, 5.74) is 0.809. The molecule has 110 valence electrons. The van der Waals surface area contributed by atoms with E-state index >= 15 is 0 Å². The molecule has 2 saturated heterocycles. The Labute approximate surface area is 128 Å². The fourth-order valence-electron chi connectivity index (χ4n) is 3.42. The molecule has 0 N–H and O–H groups in total. The van der Waals surface area contributed by atoms with Crippen LogP contribution in [0.1, 0.15) is 36.7 Å². The highest BCUT2D eigenvalue weighted by Crippen LogP contribution is 2.23. The molecule has 4 nitrogen and oxygen atoms in total. The molecule has 1 aromatic rings. The Morgan fingerprint density at radius 2 is 2.20 bits per heavy atom. The van der Waals surface area contributed by atoms with Crippen LogP contribution < -0.4 is 0 Å². The summed E-state index contributed by atoms with van der Waals surface area (Å²) in [6.45, 7) is 6.90. The van der Waals surface area contributed by atoms with Crippen molar-refractivity contribution in [2.24, 2.45) is 0 Å². The third-order valence-corrected chi connectivity index (χ3v) is 4.98. The molecule has 2 fully saturated rings. The van der Waals surface area contributed by atoms with Gasteiger partial charge in [-0.3, -0.25) is 9.69 Å². The van der Waals surface area contributed by atoms with E-state index in [4.69, 9.17) is 0 Å². The first-order valence-corrected chi connectivity index (χ1v) is 8.37. The van der Waals surface area contributed by atoms with E-state index in [1.165, 1.54) is 25.8 Å². The molecular formula is C15H22BrN3O. The van der Waals surface area contributed by atoms with Crippen LogP contribution in [0.3, 0.4) is 0 Å². The first kappa shape index (κ1) is 14.1. The zero-order valence-corrected chi connectivity index (χ0v) is 13.6. The van der Waals surface area contributed by atoms with Crippen molar-refractivity contribution in [1.29, 1.82) is 0 Å². The zero-order valence-electron chi connectivity index (χ0n) is 12.0. The minimum Gasteiger partial charge on any atom is -0.343 e. The second-order valence-corrected chi connectivity index (χ2v) is 6.68. The molecule has 1 unspecified atom stereocenters. The topological polar surface area (TPSA) is 28.5 Å². The minimum atomic E-state index is 0.183. The predicted octanol–water partition coefficient (Wildman–Crippen LogP) is 2.58. The number of nitrogens with zero attached hydrogens (tertiary/aromatic N) is 3. The van der Waals surface area contributed by atoms with E-state index in [1.54, 1.807) is 0 Å². The molecule has 0 saturated carbocycles. The van der Waals surface area contributed by atoms with Crippen molar-refractivity contribution in [3.8, 4) is 0 Å². The zero-order chi connectivity index (χ0) is 14.1. The number of piperazine rings is 1. The van der Waals surface area contributed by atoms with Crippen LogP contribution in [0.25, 0.3) is 0 Å². The monoisotopic (exact) mass is 339 g/mol. The molecule has 0 bridgehead atoms. The molecular weight excluding hydrogens is 318 g/mol. The van der Waals surface area contributed by atoms with Crippen LogP contribution in [-0.2, 0) is 6.54 Å². The summed E-state index contributed by atoms with van der Waals surface area (Å²) in [5, 5.41) is 0. The number of fused-ring (bicyclic) bond motifs is 1. The molecule has 0 aromatic carbocycles. The largest absolute Gasteiger partial charge is 0.343 e. The van der Waals surface area contributed by atoms with Crippen molar-refractivity contribution in [2.75, 3.05) is 26.2 Å².